The highest BCUT2D eigenvalue weighted by Crippen LogP contribution is 2.58. The first-order valence-corrected chi connectivity index (χ1v) is 7.62. The lowest BCUT2D eigenvalue weighted by Crippen LogP contribution is -2.82. The van der Waals surface area contributed by atoms with Crippen LogP contribution in [0.1, 0.15) is 46.5 Å². The Hall–Kier alpha value is -0.320. The van der Waals surface area contributed by atoms with Crippen LogP contribution in [0, 0.1) is 11.3 Å². The zero-order valence-corrected chi connectivity index (χ0v) is 13.5. The molecular formula is C15H27ClN2O2. The number of hydrogen-bond donors (Lipinski definition) is 1. The summed E-state index contributed by atoms with van der Waals surface area (Å²) in [6.07, 6.45) is 4.42. The molecule has 1 amide bonds. The van der Waals surface area contributed by atoms with Crippen molar-refractivity contribution in [2.75, 3.05) is 13.2 Å². The van der Waals surface area contributed by atoms with E-state index in [2.05, 4.69) is 20.8 Å². The highest BCUT2D eigenvalue weighted by atomic mass is 35.5. The number of nitrogens with zero attached hydrogens (tertiary/aromatic N) is 1. The van der Waals surface area contributed by atoms with E-state index in [-0.39, 0.29) is 35.8 Å². The predicted octanol–water partition coefficient (Wildman–Crippen LogP) is 1.95. The van der Waals surface area contributed by atoms with Crippen LogP contribution in [-0.4, -0.2) is 41.6 Å². The summed E-state index contributed by atoms with van der Waals surface area (Å²) >= 11 is 0. The van der Waals surface area contributed by atoms with Crippen molar-refractivity contribution in [3.05, 3.63) is 0 Å². The van der Waals surface area contributed by atoms with E-state index in [1.807, 2.05) is 4.90 Å². The molecule has 0 spiro atoms. The molecule has 3 fully saturated rings. The van der Waals surface area contributed by atoms with Gasteiger partial charge in [0.25, 0.3) is 0 Å². The molecule has 0 aromatic rings. The summed E-state index contributed by atoms with van der Waals surface area (Å²) in [4.78, 5) is 15.0. The summed E-state index contributed by atoms with van der Waals surface area (Å²) in [5.41, 5.74) is 5.67. The van der Waals surface area contributed by atoms with Crippen LogP contribution in [0.5, 0.6) is 0 Å². The fourth-order valence-electron chi connectivity index (χ4n) is 4.48. The number of nitrogens with two attached hydrogens (primary N) is 1. The van der Waals surface area contributed by atoms with Crippen molar-refractivity contribution in [1.29, 1.82) is 0 Å². The van der Waals surface area contributed by atoms with E-state index >= 15 is 0 Å². The lowest BCUT2D eigenvalue weighted by atomic mass is 9.46. The Kier molecular flexibility index (Phi) is 4.13. The number of carbonyl (C=O) groups excluding carboxylic acids is 1. The molecule has 0 bridgehead atoms. The molecule has 2 heterocycles. The zero-order chi connectivity index (χ0) is 13.8. The van der Waals surface area contributed by atoms with Gasteiger partial charge < -0.3 is 15.4 Å². The number of fused-ring (bicyclic) bond motifs is 1. The van der Waals surface area contributed by atoms with Gasteiger partial charge in [0, 0.05) is 30.5 Å². The summed E-state index contributed by atoms with van der Waals surface area (Å²) in [6, 6.07) is 0.340. The standard InChI is InChI=1S/C15H26N2O2.ClH/c1-10-6-4-8-17(10)13(18)15(16)11-7-5-9-19-12(11)14(15,2)3;/h10-12H,4-9,16H2,1-3H3;1H. The van der Waals surface area contributed by atoms with Crippen LogP contribution in [0.25, 0.3) is 0 Å². The lowest BCUT2D eigenvalue weighted by Gasteiger charge is -2.65. The average molecular weight is 303 g/mol. The first kappa shape index (κ1) is 16.1. The van der Waals surface area contributed by atoms with Crippen LogP contribution in [-0.2, 0) is 9.53 Å². The van der Waals surface area contributed by atoms with Crippen LogP contribution in [0.15, 0.2) is 0 Å². The Morgan fingerprint density at radius 1 is 1.30 bits per heavy atom. The molecule has 3 rings (SSSR count). The lowest BCUT2D eigenvalue weighted by molar-refractivity contribution is -0.230. The number of rotatable bonds is 1. The maximum atomic E-state index is 13.0. The van der Waals surface area contributed by atoms with Gasteiger partial charge >= 0.3 is 0 Å². The number of likely N-dealkylation sites (tertiary alicyclic amines) is 1. The van der Waals surface area contributed by atoms with E-state index in [1.54, 1.807) is 0 Å². The van der Waals surface area contributed by atoms with Crippen molar-refractivity contribution < 1.29 is 9.53 Å². The Morgan fingerprint density at radius 2 is 2.00 bits per heavy atom. The second-order valence-corrected chi connectivity index (χ2v) is 7.12. The van der Waals surface area contributed by atoms with Gasteiger partial charge in [0.2, 0.25) is 5.91 Å². The fourth-order valence-corrected chi connectivity index (χ4v) is 4.48. The molecule has 4 unspecified atom stereocenters. The molecule has 4 atom stereocenters. The Bertz CT molecular complexity index is 401. The van der Waals surface area contributed by atoms with E-state index in [0.29, 0.717) is 6.04 Å². The van der Waals surface area contributed by atoms with Crippen molar-refractivity contribution in [3.63, 3.8) is 0 Å². The van der Waals surface area contributed by atoms with Gasteiger partial charge in [0.05, 0.1) is 6.10 Å². The van der Waals surface area contributed by atoms with E-state index in [4.69, 9.17) is 10.5 Å². The molecule has 4 nitrogen and oxygen atoms in total. The van der Waals surface area contributed by atoms with Gasteiger partial charge in [0.15, 0.2) is 0 Å². The SMILES string of the molecule is CC1CCCN1C(=O)C1(N)C2CCCOC2C1(C)C.Cl. The van der Waals surface area contributed by atoms with Crippen LogP contribution in [0.3, 0.4) is 0 Å². The quantitative estimate of drug-likeness (QED) is 0.805. The normalized spacial score (nSPS) is 42.4. The van der Waals surface area contributed by atoms with Gasteiger partial charge in [-0.05, 0) is 32.6 Å². The molecule has 2 aliphatic heterocycles. The molecule has 1 saturated carbocycles. The van der Waals surface area contributed by atoms with Crippen LogP contribution >= 0.6 is 12.4 Å². The van der Waals surface area contributed by atoms with Gasteiger partial charge in [0.1, 0.15) is 5.54 Å². The third-order valence-electron chi connectivity index (χ3n) is 5.85. The molecule has 2 N–H and O–H groups in total. The van der Waals surface area contributed by atoms with Crippen molar-refractivity contribution in [2.45, 2.75) is 64.1 Å². The third kappa shape index (κ3) is 1.84. The maximum Gasteiger partial charge on any atom is 0.243 e. The first-order valence-electron chi connectivity index (χ1n) is 7.62. The molecule has 0 radical (unpaired) electrons. The van der Waals surface area contributed by atoms with Gasteiger partial charge in [-0.25, -0.2) is 0 Å². The second kappa shape index (κ2) is 5.15. The molecule has 20 heavy (non-hydrogen) atoms. The fraction of sp³-hybridized carbons (Fsp3) is 0.933. The topological polar surface area (TPSA) is 55.6 Å². The van der Waals surface area contributed by atoms with Gasteiger partial charge in [-0.2, -0.15) is 0 Å². The summed E-state index contributed by atoms with van der Waals surface area (Å²) in [5.74, 6) is 0.366. The van der Waals surface area contributed by atoms with Crippen molar-refractivity contribution in [3.8, 4) is 0 Å². The number of carbonyl (C=O) groups is 1. The number of hydrogen-bond acceptors (Lipinski definition) is 3. The number of ether oxygens (including phenoxy) is 1. The Labute approximate surface area is 127 Å². The average Bonchev–Trinajstić information content (AvgIpc) is 2.83. The minimum absolute atomic E-state index is 0. The molecule has 0 aromatic carbocycles. The predicted molar refractivity (Wildman–Crippen MR) is 80.8 cm³/mol. The van der Waals surface area contributed by atoms with Gasteiger partial charge in [-0.1, -0.05) is 13.8 Å². The van der Waals surface area contributed by atoms with E-state index in [1.165, 1.54) is 0 Å². The monoisotopic (exact) mass is 302 g/mol. The molecule has 0 aromatic heterocycles. The van der Waals surface area contributed by atoms with Gasteiger partial charge in [-0.3, -0.25) is 4.79 Å². The Balaban J connectivity index is 0.00000147. The minimum Gasteiger partial charge on any atom is -0.377 e. The minimum atomic E-state index is -0.726. The van der Waals surface area contributed by atoms with Crippen LogP contribution in [0.2, 0.25) is 0 Å². The summed E-state index contributed by atoms with van der Waals surface area (Å²) in [6.45, 7) is 8.01. The molecule has 5 heteroatoms. The maximum absolute atomic E-state index is 13.0. The summed E-state index contributed by atoms with van der Waals surface area (Å²) < 4.78 is 5.88. The van der Waals surface area contributed by atoms with E-state index < -0.39 is 5.54 Å². The van der Waals surface area contributed by atoms with Crippen molar-refractivity contribution >= 4 is 18.3 Å². The molecule has 3 aliphatic rings. The summed E-state index contributed by atoms with van der Waals surface area (Å²) in [7, 11) is 0. The molecular weight excluding hydrogens is 276 g/mol. The van der Waals surface area contributed by atoms with Crippen LogP contribution < -0.4 is 5.73 Å². The largest absolute Gasteiger partial charge is 0.377 e. The number of halogens is 1. The highest BCUT2D eigenvalue weighted by Gasteiger charge is 2.71. The Morgan fingerprint density at radius 3 is 2.60 bits per heavy atom. The van der Waals surface area contributed by atoms with Gasteiger partial charge in [-0.15, -0.1) is 12.4 Å². The van der Waals surface area contributed by atoms with E-state index in [0.717, 1.165) is 38.8 Å². The molecule has 2 saturated heterocycles. The highest BCUT2D eigenvalue weighted by molar-refractivity contribution is 5.90. The number of amides is 1. The second-order valence-electron chi connectivity index (χ2n) is 7.12. The third-order valence-corrected chi connectivity index (χ3v) is 5.85. The smallest absolute Gasteiger partial charge is 0.243 e. The first-order chi connectivity index (χ1) is 8.90. The molecule has 1 aliphatic carbocycles. The van der Waals surface area contributed by atoms with Crippen molar-refractivity contribution in [2.24, 2.45) is 17.1 Å². The van der Waals surface area contributed by atoms with Crippen molar-refractivity contribution in [1.82, 2.24) is 4.90 Å². The van der Waals surface area contributed by atoms with Crippen LogP contribution in [0.4, 0.5) is 0 Å². The van der Waals surface area contributed by atoms with E-state index in [9.17, 15) is 4.79 Å². The zero-order valence-electron chi connectivity index (χ0n) is 12.7. The molecule has 116 valence electrons. The summed E-state index contributed by atoms with van der Waals surface area (Å²) in [5, 5.41) is 0.